The summed E-state index contributed by atoms with van der Waals surface area (Å²) < 4.78 is 1.69. The average molecular weight is 294 g/mol. The molecule has 1 saturated carbocycles. The molecule has 0 atom stereocenters. The molecule has 1 fully saturated rings. The zero-order valence-corrected chi connectivity index (χ0v) is 12.2. The van der Waals surface area contributed by atoms with Crippen LogP contribution in [0.3, 0.4) is 0 Å². The molecule has 1 aliphatic rings. The van der Waals surface area contributed by atoms with Crippen LogP contribution in [0.2, 0.25) is 0 Å². The number of amides is 2. The van der Waals surface area contributed by atoms with E-state index in [1.165, 1.54) is 0 Å². The number of aliphatic carboxylic acids is 1. The fourth-order valence-electron chi connectivity index (χ4n) is 2.66. The van der Waals surface area contributed by atoms with Crippen LogP contribution in [-0.2, 0) is 18.4 Å². The van der Waals surface area contributed by atoms with E-state index in [9.17, 15) is 9.59 Å². The van der Waals surface area contributed by atoms with E-state index in [-0.39, 0.29) is 11.9 Å². The number of carboxylic acid groups (broad SMARTS) is 1. The lowest BCUT2D eigenvalue weighted by molar-refractivity contribution is -0.143. The van der Waals surface area contributed by atoms with Gasteiger partial charge in [0.1, 0.15) is 0 Å². The summed E-state index contributed by atoms with van der Waals surface area (Å²) in [6, 6.07) is -0.195. The van der Waals surface area contributed by atoms with E-state index in [0.717, 1.165) is 18.4 Å². The predicted molar refractivity (Wildman–Crippen MR) is 76.5 cm³/mol. The summed E-state index contributed by atoms with van der Waals surface area (Å²) in [4.78, 5) is 22.6. The predicted octanol–water partition coefficient (Wildman–Crippen LogP) is 1.11. The quantitative estimate of drug-likeness (QED) is 0.758. The molecule has 21 heavy (non-hydrogen) atoms. The van der Waals surface area contributed by atoms with Crippen molar-refractivity contribution in [3.05, 3.63) is 18.0 Å². The van der Waals surface area contributed by atoms with Crippen LogP contribution in [0.25, 0.3) is 0 Å². The summed E-state index contributed by atoms with van der Waals surface area (Å²) in [6.45, 7) is 1.05. The van der Waals surface area contributed by atoms with Crippen molar-refractivity contribution in [3.63, 3.8) is 0 Å². The Labute approximate surface area is 123 Å². The van der Waals surface area contributed by atoms with Gasteiger partial charge in [-0.05, 0) is 31.6 Å². The third-order valence-electron chi connectivity index (χ3n) is 3.96. The SMILES string of the molecule is Cn1cc(CNC(=O)NCC2CCC(C(=O)O)CC2)cn1. The van der Waals surface area contributed by atoms with Crippen molar-refractivity contribution < 1.29 is 14.7 Å². The van der Waals surface area contributed by atoms with Crippen LogP contribution in [0.4, 0.5) is 4.79 Å². The van der Waals surface area contributed by atoms with Gasteiger partial charge in [-0.25, -0.2) is 4.79 Å². The Kier molecular flexibility index (Phi) is 5.19. The van der Waals surface area contributed by atoms with Gasteiger partial charge in [-0.2, -0.15) is 5.10 Å². The highest BCUT2D eigenvalue weighted by atomic mass is 16.4. The number of carbonyl (C=O) groups is 2. The van der Waals surface area contributed by atoms with Gasteiger partial charge >= 0.3 is 12.0 Å². The van der Waals surface area contributed by atoms with Crippen LogP contribution in [0.1, 0.15) is 31.2 Å². The molecule has 0 radical (unpaired) electrons. The minimum Gasteiger partial charge on any atom is -0.481 e. The Morgan fingerprint density at radius 1 is 1.33 bits per heavy atom. The van der Waals surface area contributed by atoms with E-state index in [4.69, 9.17) is 5.11 Å². The van der Waals surface area contributed by atoms with E-state index in [1.54, 1.807) is 10.9 Å². The van der Waals surface area contributed by atoms with Crippen molar-refractivity contribution in [1.29, 1.82) is 0 Å². The molecule has 7 heteroatoms. The molecule has 3 N–H and O–H groups in total. The first-order chi connectivity index (χ1) is 10.0. The Hall–Kier alpha value is -2.05. The van der Waals surface area contributed by atoms with Crippen molar-refractivity contribution in [1.82, 2.24) is 20.4 Å². The Morgan fingerprint density at radius 2 is 2.05 bits per heavy atom. The summed E-state index contributed by atoms with van der Waals surface area (Å²) >= 11 is 0. The molecule has 116 valence electrons. The second kappa shape index (κ2) is 7.10. The van der Waals surface area contributed by atoms with E-state index in [2.05, 4.69) is 15.7 Å². The van der Waals surface area contributed by atoms with Crippen LogP contribution in [0, 0.1) is 11.8 Å². The molecule has 0 saturated heterocycles. The summed E-state index contributed by atoms with van der Waals surface area (Å²) in [7, 11) is 1.83. The first-order valence-corrected chi connectivity index (χ1v) is 7.26. The normalized spacial score (nSPS) is 21.8. The van der Waals surface area contributed by atoms with Gasteiger partial charge in [-0.1, -0.05) is 0 Å². The number of carboxylic acids is 1. The van der Waals surface area contributed by atoms with Crippen molar-refractivity contribution in [2.24, 2.45) is 18.9 Å². The lowest BCUT2D eigenvalue weighted by Crippen LogP contribution is -2.38. The number of urea groups is 1. The van der Waals surface area contributed by atoms with Gasteiger partial charge in [-0.3, -0.25) is 9.48 Å². The number of rotatable bonds is 5. The molecule has 0 spiro atoms. The van der Waals surface area contributed by atoms with Crippen LogP contribution in [-0.4, -0.2) is 33.4 Å². The Morgan fingerprint density at radius 3 is 2.62 bits per heavy atom. The topological polar surface area (TPSA) is 96.2 Å². The third-order valence-corrected chi connectivity index (χ3v) is 3.96. The molecule has 1 aromatic rings. The van der Waals surface area contributed by atoms with Crippen molar-refractivity contribution >= 4 is 12.0 Å². The molecule has 0 aliphatic heterocycles. The molecule has 7 nitrogen and oxygen atoms in total. The van der Waals surface area contributed by atoms with Gasteiger partial charge in [0.15, 0.2) is 0 Å². The minimum atomic E-state index is -0.698. The molecule has 0 bridgehead atoms. The van der Waals surface area contributed by atoms with Gasteiger partial charge < -0.3 is 15.7 Å². The lowest BCUT2D eigenvalue weighted by Gasteiger charge is -2.26. The number of hydrogen-bond acceptors (Lipinski definition) is 3. The molecule has 0 aromatic carbocycles. The average Bonchev–Trinajstić information content (AvgIpc) is 2.89. The highest BCUT2D eigenvalue weighted by molar-refractivity contribution is 5.73. The lowest BCUT2D eigenvalue weighted by atomic mass is 9.82. The minimum absolute atomic E-state index is 0.195. The first-order valence-electron chi connectivity index (χ1n) is 7.26. The van der Waals surface area contributed by atoms with Crippen molar-refractivity contribution in [3.8, 4) is 0 Å². The number of aryl methyl sites for hydroxylation is 1. The van der Waals surface area contributed by atoms with Gasteiger partial charge in [-0.15, -0.1) is 0 Å². The maximum Gasteiger partial charge on any atom is 0.315 e. The zero-order chi connectivity index (χ0) is 15.2. The highest BCUT2D eigenvalue weighted by Crippen LogP contribution is 2.28. The number of nitrogens with one attached hydrogen (secondary N) is 2. The van der Waals surface area contributed by atoms with Gasteiger partial charge in [0.2, 0.25) is 0 Å². The summed E-state index contributed by atoms with van der Waals surface area (Å²) in [5.74, 6) is -0.527. The maximum absolute atomic E-state index is 11.7. The highest BCUT2D eigenvalue weighted by Gasteiger charge is 2.25. The molecular weight excluding hydrogens is 272 g/mol. The van der Waals surface area contributed by atoms with Gasteiger partial charge in [0.25, 0.3) is 0 Å². The van der Waals surface area contributed by atoms with Crippen LogP contribution >= 0.6 is 0 Å². The van der Waals surface area contributed by atoms with Crippen molar-refractivity contribution in [2.75, 3.05) is 6.54 Å². The monoisotopic (exact) mass is 294 g/mol. The van der Waals surface area contributed by atoms with E-state index in [1.807, 2.05) is 13.2 Å². The molecule has 1 aromatic heterocycles. The number of carbonyl (C=O) groups excluding carboxylic acids is 1. The summed E-state index contributed by atoms with van der Waals surface area (Å²) in [6.07, 6.45) is 6.71. The van der Waals surface area contributed by atoms with Crippen LogP contribution < -0.4 is 10.6 Å². The zero-order valence-electron chi connectivity index (χ0n) is 12.2. The molecule has 2 rings (SSSR count). The fraction of sp³-hybridized carbons (Fsp3) is 0.643. The number of nitrogens with zero attached hydrogens (tertiary/aromatic N) is 2. The molecular formula is C14H22N4O3. The molecule has 1 aliphatic carbocycles. The number of hydrogen-bond donors (Lipinski definition) is 3. The number of aromatic nitrogens is 2. The molecule has 2 amide bonds. The standard InChI is InChI=1S/C14H22N4O3/c1-18-9-11(8-17-18)7-16-14(21)15-6-10-2-4-12(5-3-10)13(19)20/h8-10,12H,2-7H2,1H3,(H,19,20)(H2,15,16,21). The largest absolute Gasteiger partial charge is 0.481 e. The van der Waals surface area contributed by atoms with E-state index in [0.29, 0.717) is 31.8 Å². The third kappa shape index (κ3) is 4.77. The molecule has 0 unspecified atom stereocenters. The summed E-state index contributed by atoms with van der Waals surface area (Å²) in [5.41, 5.74) is 0.953. The second-order valence-electron chi connectivity index (χ2n) is 5.64. The Bertz CT molecular complexity index is 492. The van der Waals surface area contributed by atoms with Gasteiger partial charge in [0, 0.05) is 31.9 Å². The van der Waals surface area contributed by atoms with Crippen LogP contribution in [0.15, 0.2) is 12.4 Å². The van der Waals surface area contributed by atoms with Gasteiger partial charge in [0.05, 0.1) is 12.1 Å². The molecule has 1 heterocycles. The first kappa shape index (κ1) is 15.3. The van der Waals surface area contributed by atoms with E-state index < -0.39 is 5.97 Å². The Balaban J connectivity index is 1.62. The summed E-state index contributed by atoms with van der Waals surface area (Å²) in [5, 5.41) is 18.6. The van der Waals surface area contributed by atoms with Crippen molar-refractivity contribution in [2.45, 2.75) is 32.2 Å². The second-order valence-corrected chi connectivity index (χ2v) is 5.64. The van der Waals surface area contributed by atoms with Crippen LogP contribution in [0.5, 0.6) is 0 Å². The fourth-order valence-corrected chi connectivity index (χ4v) is 2.66. The van der Waals surface area contributed by atoms with E-state index >= 15 is 0 Å². The smallest absolute Gasteiger partial charge is 0.315 e. The maximum atomic E-state index is 11.7.